The Balaban J connectivity index is 1.57. The highest BCUT2D eigenvalue weighted by Crippen LogP contribution is 2.31. The van der Waals surface area contributed by atoms with E-state index >= 15 is 0 Å². The average Bonchev–Trinajstić information content (AvgIpc) is 2.78. The third-order valence-corrected chi connectivity index (χ3v) is 4.77. The maximum atomic E-state index is 12.7. The fourth-order valence-electron chi connectivity index (χ4n) is 3.38. The lowest BCUT2D eigenvalue weighted by Gasteiger charge is -2.29. The molecule has 0 unspecified atom stereocenters. The minimum Gasteiger partial charge on any atom is -0.465 e. The van der Waals surface area contributed by atoms with Gasteiger partial charge < -0.3 is 15.0 Å². The molecule has 0 saturated carbocycles. The van der Waals surface area contributed by atoms with E-state index in [1.165, 1.54) is 12.7 Å². The SMILES string of the molecule is COC(=O)c1cccc(NC(=O)c2ccnc(N3CCCc4ccccc43)n2)c1. The number of hydrogen-bond donors (Lipinski definition) is 1. The fraction of sp³-hybridized carbons (Fsp3) is 0.182. The molecule has 0 bridgehead atoms. The number of para-hydroxylation sites is 1. The number of aromatic nitrogens is 2. The van der Waals surface area contributed by atoms with Crippen LogP contribution in [0.4, 0.5) is 17.3 Å². The van der Waals surface area contributed by atoms with Gasteiger partial charge in [0.1, 0.15) is 5.69 Å². The van der Waals surface area contributed by atoms with Crippen LogP contribution in [0.1, 0.15) is 32.8 Å². The van der Waals surface area contributed by atoms with Gasteiger partial charge in [0.2, 0.25) is 5.95 Å². The summed E-state index contributed by atoms with van der Waals surface area (Å²) in [4.78, 5) is 35.3. The quantitative estimate of drug-likeness (QED) is 0.688. The largest absolute Gasteiger partial charge is 0.465 e. The van der Waals surface area contributed by atoms with Crippen molar-refractivity contribution < 1.29 is 14.3 Å². The first-order valence-electron chi connectivity index (χ1n) is 9.34. The van der Waals surface area contributed by atoms with E-state index in [4.69, 9.17) is 4.74 Å². The lowest BCUT2D eigenvalue weighted by Crippen LogP contribution is -2.27. The third kappa shape index (κ3) is 3.94. The summed E-state index contributed by atoms with van der Waals surface area (Å²) in [5.41, 5.74) is 3.42. The minimum absolute atomic E-state index is 0.251. The summed E-state index contributed by atoms with van der Waals surface area (Å²) in [6, 6.07) is 16.3. The number of benzene rings is 2. The van der Waals surface area contributed by atoms with Crippen molar-refractivity contribution in [2.75, 3.05) is 23.9 Å². The predicted molar refractivity (Wildman–Crippen MR) is 110 cm³/mol. The molecule has 0 fully saturated rings. The molecule has 4 rings (SSSR count). The molecule has 1 amide bonds. The Morgan fingerprint density at radius 1 is 1.10 bits per heavy atom. The van der Waals surface area contributed by atoms with Crippen molar-refractivity contribution in [2.24, 2.45) is 0 Å². The number of amides is 1. The van der Waals surface area contributed by atoms with Crippen LogP contribution in [0.3, 0.4) is 0 Å². The normalized spacial score (nSPS) is 12.8. The molecule has 2 heterocycles. The van der Waals surface area contributed by atoms with E-state index in [2.05, 4.69) is 21.4 Å². The summed E-state index contributed by atoms with van der Waals surface area (Å²) in [6.07, 6.45) is 3.60. The van der Waals surface area contributed by atoms with Gasteiger partial charge in [0.25, 0.3) is 5.91 Å². The number of carbonyl (C=O) groups is 2. The molecule has 7 nitrogen and oxygen atoms in total. The topological polar surface area (TPSA) is 84.4 Å². The van der Waals surface area contributed by atoms with Gasteiger partial charge in [0, 0.05) is 24.1 Å². The van der Waals surface area contributed by atoms with Crippen molar-refractivity contribution in [1.82, 2.24) is 9.97 Å². The molecule has 2 aromatic carbocycles. The van der Waals surface area contributed by atoms with Crippen LogP contribution >= 0.6 is 0 Å². The molecule has 3 aromatic rings. The fourth-order valence-corrected chi connectivity index (χ4v) is 3.38. The number of rotatable bonds is 4. The van der Waals surface area contributed by atoms with E-state index in [0.29, 0.717) is 17.2 Å². The number of methoxy groups -OCH3 is 1. The number of anilines is 3. The molecule has 0 radical (unpaired) electrons. The second-order valence-corrected chi connectivity index (χ2v) is 6.65. The van der Waals surface area contributed by atoms with Gasteiger partial charge in [-0.05, 0) is 48.7 Å². The number of hydrogen-bond acceptors (Lipinski definition) is 6. The molecule has 7 heteroatoms. The van der Waals surface area contributed by atoms with Gasteiger partial charge in [-0.2, -0.15) is 0 Å². The molecule has 146 valence electrons. The smallest absolute Gasteiger partial charge is 0.337 e. The molecule has 0 spiro atoms. The van der Waals surface area contributed by atoms with E-state index in [1.807, 2.05) is 23.1 Å². The molecular formula is C22H20N4O3. The van der Waals surface area contributed by atoms with Crippen molar-refractivity contribution in [3.63, 3.8) is 0 Å². The van der Waals surface area contributed by atoms with Gasteiger partial charge in [-0.1, -0.05) is 24.3 Å². The second-order valence-electron chi connectivity index (χ2n) is 6.65. The Bertz CT molecular complexity index is 1070. The highest BCUT2D eigenvalue weighted by atomic mass is 16.5. The summed E-state index contributed by atoms with van der Waals surface area (Å²) in [6.45, 7) is 0.795. The Labute approximate surface area is 168 Å². The number of carbonyl (C=O) groups excluding carboxylic acids is 2. The van der Waals surface area contributed by atoms with Crippen LogP contribution in [-0.4, -0.2) is 35.5 Å². The lowest BCUT2D eigenvalue weighted by atomic mass is 10.0. The van der Waals surface area contributed by atoms with Crippen LogP contribution in [0.2, 0.25) is 0 Å². The van der Waals surface area contributed by atoms with Crippen molar-refractivity contribution >= 4 is 29.2 Å². The van der Waals surface area contributed by atoms with Crippen LogP contribution < -0.4 is 10.2 Å². The summed E-state index contributed by atoms with van der Waals surface area (Å²) in [5, 5.41) is 2.77. The molecule has 0 saturated heterocycles. The number of fused-ring (bicyclic) bond motifs is 1. The first-order chi connectivity index (χ1) is 14.2. The highest BCUT2D eigenvalue weighted by molar-refractivity contribution is 6.03. The standard InChI is InChI=1S/C22H20N4O3/c1-29-21(28)16-7-4-9-17(14-16)24-20(27)18-11-12-23-22(25-18)26-13-5-8-15-6-2-3-10-19(15)26/h2-4,6-7,9-12,14H,5,8,13H2,1H3,(H,24,27). The van der Waals surface area contributed by atoms with Crippen LogP contribution in [0.5, 0.6) is 0 Å². The Kier molecular flexibility index (Phi) is 5.20. The van der Waals surface area contributed by atoms with Crippen molar-refractivity contribution in [2.45, 2.75) is 12.8 Å². The molecule has 1 aliphatic rings. The summed E-state index contributed by atoms with van der Waals surface area (Å²) < 4.78 is 4.71. The monoisotopic (exact) mass is 388 g/mol. The molecule has 0 aliphatic carbocycles. The molecule has 29 heavy (non-hydrogen) atoms. The Hall–Kier alpha value is -3.74. The summed E-state index contributed by atoms with van der Waals surface area (Å²) >= 11 is 0. The van der Waals surface area contributed by atoms with Crippen LogP contribution in [0.25, 0.3) is 0 Å². The van der Waals surface area contributed by atoms with Crippen molar-refractivity contribution in [3.05, 3.63) is 77.6 Å². The first kappa shape index (κ1) is 18.6. The first-order valence-corrected chi connectivity index (χ1v) is 9.34. The zero-order chi connectivity index (χ0) is 20.2. The molecule has 1 aliphatic heterocycles. The molecule has 0 atom stereocenters. The summed E-state index contributed by atoms with van der Waals surface area (Å²) in [5.74, 6) is -0.344. The zero-order valence-corrected chi connectivity index (χ0v) is 16.0. The summed E-state index contributed by atoms with van der Waals surface area (Å²) in [7, 11) is 1.31. The predicted octanol–water partition coefficient (Wildman–Crippen LogP) is 3.60. The van der Waals surface area contributed by atoms with Crippen LogP contribution in [0.15, 0.2) is 60.8 Å². The Morgan fingerprint density at radius 2 is 1.97 bits per heavy atom. The van der Waals surface area contributed by atoms with E-state index in [9.17, 15) is 9.59 Å². The van der Waals surface area contributed by atoms with E-state index in [-0.39, 0.29) is 11.6 Å². The van der Waals surface area contributed by atoms with Crippen molar-refractivity contribution in [1.29, 1.82) is 0 Å². The lowest BCUT2D eigenvalue weighted by molar-refractivity contribution is 0.0600. The molecule has 1 aromatic heterocycles. The van der Waals surface area contributed by atoms with Crippen LogP contribution in [0, 0.1) is 0 Å². The van der Waals surface area contributed by atoms with Gasteiger partial charge in [0.15, 0.2) is 0 Å². The van der Waals surface area contributed by atoms with Gasteiger partial charge in [-0.25, -0.2) is 14.8 Å². The van der Waals surface area contributed by atoms with Gasteiger partial charge in [-0.15, -0.1) is 0 Å². The number of ether oxygens (including phenoxy) is 1. The maximum Gasteiger partial charge on any atom is 0.337 e. The number of nitrogens with one attached hydrogen (secondary N) is 1. The van der Waals surface area contributed by atoms with Gasteiger partial charge in [0.05, 0.1) is 12.7 Å². The van der Waals surface area contributed by atoms with Gasteiger partial charge >= 0.3 is 5.97 Å². The number of aryl methyl sites for hydroxylation is 1. The van der Waals surface area contributed by atoms with E-state index in [1.54, 1.807) is 36.5 Å². The van der Waals surface area contributed by atoms with E-state index in [0.717, 1.165) is 25.1 Å². The number of nitrogens with zero attached hydrogens (tertiary/aromatic N) is 3. The van der Waals surface area contributed by atoms with Crippen molar-refractivity contribution in [3.8, 4) is 0 Å². The molecular weight excluding hydrogens is 368 g/mol. The zero-order valence-electron chi connectivity index (χ0n) is 16.0. The average molecular weight is 388 g/mol. The van der Waals surface area contributed by atoms with E-state index < -0.39 is 5.97 Å². The number of esters is 1. The van der Waals surface area contributed by atoms with Gasteiger partial charge in [-0.3, -0.25) is 4.79 Å². The molecule has 1 N–H and O–H groups in total. The third-order valence-electron chi connectivity index (χ3n) is 4.77. The maximum absolute atomic E-state index is 12.7. The highest BCUT2D eigenvalue weighted by Gasteiger charge is 2.21. The Morgan fingerprint density at radius 3 is 2.83 bits per heavy atom. The minimum atomic E-state index is -0.464. The second kappa shape index (κ2) is 8.10. The van der Waals surface area contributed by atoms with Crippen LogP contribution in [-0.2, 0) is 11.2 Å².